The van der Waals surface area contributed by atoms with Crippen molar-refractivity contribution in [3.8, 4) is 0 Å². The second-order valence-electron chi connectivity index (χ2n) is 6.80. The fraction of sp³-hybridized carbons (Fsp3) is 0.632. The number of carbonyl (C=O) groups excluding carboxylic acids is 1. The van der Waals surface area contributed by atoms with Crippen LogP contribution in [0.15, 0.2) is 24.3 Å². The Balaban J connectivity index is 1.69. The van der Waals surface area contributed by atoms with Crippen molar-refractivity contribution >= 4 is 11.7 Å². The van der Waals surface area contributed by atoms with Gasteiger partial charge in [0.05, 0.1) is 0 Å². The first-order valence-electron chi connectivity index (χ1n) is 8.95. The van der Waals surface area contributed by atoms with Crippen LogP contribution in [0.1, 0.15) is 51.0 Å². The van der Waals surface area contributed by atoms with E-state index in [0.29, 0.717) is 12.6 Å². The molecule has 0 saturated heterocycles. The molecule has 2 amide bonds. The van der Waals surface area contributed by atoms with E-state index in [0.717, 1.165) is 30.9 Å². The third kappa shape index (κ3) is 5.45. The van der Waals surface area contributed by atoms with Gasteiger partial charge < -0.3 is 16.0 Å². The number of nitrogens with zero attached hydrogens (tertiary/aromatic N) is 1. The Hall–Kier alpha value is -1.71. The summed E-state index contributed by atoms with van der Waals surface area (Å²) in [7, 11) is 1.93. The van der Waals surface area contributed by atoms with E-state index in [2.05, 4.69) is 12.2 Å². The highest BCUT2D eigenvalue weighted by atomic mass is 16.2. The molecule has 0 spiro atoms. The van der Waals surface area contributed by atoms with E-state index in [1.54, 1.807) is 0 Å². The van der Waals surface area contributed by atoms with Crippen molar-refractivity contribution in [2.45, 2.75) is 57.9 Å². The Bertz CT molecular complexity index is 478. The molecule has 1 aromatic rings. The van der Waals surface area contributed by atoms with Crippen molar-refractivity contribution in [3.05, 3.63) is 29.8 Å². The summed E-state index contributed by atoms with van der Waals surface area (Å²) in [6, 6.07) is 8.29. The molecule has 0 heterocycles. The number of amides is 2. The van der Waals surface area contributed by atoms with Crippen LogP contribution in [-0.4, -0.2) is 30.6 Å². The number of nitrogen functional groups attached to an aromatic ring is 1. The summed E-state index contributed by atoms with van der Waals surface area (Å²) in [4.78, 5) is 14.2. The van der Waals surface area contributed by atoms with Gasteiger partial charge in [0.25, 0.3) is 0 Å². The lowest BCUT2D eigenvalue weighted by Crippen LogP contribution is -2.45. The standard InChI is InChI=1S/C19H31N3O/c1-3-4-15-7-11-18(12-8-15)22(2)19(23)21-14-13-16-5-9-17(20)10-6-16/h5-6,9-10,15,18H,3-4,7-8,11-14,20H2,1-2H3,(H,21,23). The first-order valence-corrected chi connectivity index (χ1v) is 8.95. The summed E-state index contributed by atoms with van der Waals surface area (Å²) < 4.78 is 0. The summed E-state index contributed by atoms with van der Waals surface area (Å²) in [6.45, 7) is 2.92. The molecule has 1 fully saturated rings. The highest BCUT2D eigenvalue weighted by molar-refractivity contribution is 5.74. The third-order valence-corrected chi connectivity index (χ3v) is 5.05. The summed E-state index contributed by atoms with van der Waals surface area (Å²) in [5.41, 5.74) is 7.65. The summed E-state index contributed by atoms with van der Waals surface area (Å²) in [6.07, 6.45) is 8.27. The van der Waals surface area contributed by atoms with Gasteiger partial charge in [-0.05, 0) is 55.7 Å². The Kier molecular flexibility index (Phi) is 6.75. The number of hydrogen-bond donors (Lipinski definition) is 2. The minimum atomic E-state index is 0.0550. The molecule has 1 saturated carbocycles. The molecule has 1 aliphatic rings. The minimum Gasteiger partial charge on any atom is -0.399 e. The number of nitrogens with one attached hydrogen (secondary N) is 1. The van der Waals surface area contributed by atoms with E-state index in [4.69, 9.17) is 5.73 Å². The van der Waals surface area contributed by atoms with Crippen molar-refractivity contribution in [1.82, 2.24) is 10.2 Å². The Morgan fingerprint density at radius 2 is 1.87 bits per heavy atom. The number of carbonyl (C=O) groups is 1. The van der Waals surface area contributed by atoms with Crippen LogP contribution >= 0.6 is 0 Å². The minimum absolute atomic E-state index is 0.0550. The maximum absolute atomic E-state index is 12.3. The second kappa shape index (κ2) is 8.80. The van der Waals surface area contributed by atoms with Crippen LogP contribution in [0.3, 0.4) is 0 Å². The van der Waals surface area contributed by atoms with Crippen LogP contribution in [0.25, 0.3) is 0 Å². The van der Waals surface area contributed by atoms with E-state index < -0.39 is 0 Å². The van der Waals surface area contributed by atoms with Crippen LogP contribution in [0.2, 0.25) is 0 Å². The molecule has 2 rings (SSSR count). The van der Waals surface area contributed by atoms with Crippen LogP contribution in [0.4, 0.5) is 10.5 Å². The van der Waals surface area contributed by atoms with Gasteiger partial charge in [-0.15, -0.1) is 0 Å². The molecule has 1 aliphatic carbocycles. The van der Waals surface area contributed by atoms with Gasteiger partial charge in [-0.1, -0.05) is 31.9 Å². The molecule has 1 aromatic carbocycles. The average Bonchev–Trinajstić information content (AvgIpc) is 2.57. The van der Waals surface area contributed by atoms with Crippen LogP contribution in [0.5, 0.6) is 0 Å². The van der Waals surface area contributed by atoms with E-state index in [1.807, 2.05) is 36.2 Å². The van der Waals surface area contributed by atoms with Crippen molar-refractivity contribution in [2.75, 3.05) is 19.3 Å². The number of benzene rings is 1. The lowest BCUT2D eigenvalue weighted by atomic mass is 9.83. The summed E-state index contributed by atoms with van der Waals surface area (Å²) in [5, 5.41) is 3.03. The molecular weight excluding hydrogens is 286 g/mol. The van der Waals surface area contributed by atoms with Crippen LogP contribution in [0, 0.1) is 5.92 Å². The second-order valence-corrected chi connectivity index (χ2v) is 6.80. The molecule has 4 nitrogen and oxygen atoms in total. The fourth-order valence-corrected chi connectivity index (χ4v) is 3.52. The first-order chi connectivity index (χ1) is 11.1. The quantitative estimate of drug-likeness (QED) is 0.784. The molecule has 0 aliphatic heterocycles. The predicted molar refractivity (Wildman–Crippen MR) is 96.4 cm³/mol. The average molecular weight is 317 g/mol. The molecule has 0 bridgehead atoms. The maximum atomic E-state index is 12.3. The normalized spacial score (nSPS) is 21.0. The van der Waals surface area contributed by atoms with Crippen molar-refractivity contribution < 1.29 is 4.79 Å². The molecule has 0 radical (unpaired) electrons. The van der Waals surface area contributed by atoms with Gasteiger partial charge in [-0.3, -0.25) is 0 Å². The lowest BCUT2D eigenvalue weighted by molar-refractivity contribution is 0.159. The van der Waals surface area contributed by atoms with Crippen molar-refractivity contribution in [1.29, 1.82) is 0 Å². The van der Waals surface area contributed by atoms with Crippen LogP contribution in [-0.2, 0) is 6.42 Å². The topological polar surface area (TPSA) is 58.4 Å². The number of nitrogens with two attached hydrogens (primary N) is 1. The predicted octanol–water partition coefficient (Wildman–Crippen LogP) is 3.81. The molecular formula is C19H31N3O. The van der Waals surface area contributed by atoms with E-state index in [-0.39, 0.29) is 6.03 Å². The number of urea groups is 1. The molecule has 23 heavy (non-hydrogen) atoms. The van der Waals surface area contributed by atoms with Gasteiger partial charge in [-0.25, -0.2) is 4.79 Å². The molecule has 3 N–H and O–H groups in total. The Labute approximate surface area is 140 Å². The zero-order valence-electron chi connectivity index (χ0n) is 14.6. The van der Waals surface area contributed by atoms with Crippen molar-refractivity contribution in [2.24, 2.45) is 5.92 Å². The fourth-order valence-electron chi connectivity index (χ4n) is 3.52. The molecule has 4 heteroatoms. The highest BCUT2D eigenvalue weighted by Gasteiger charge is 2.25. The zero-order chi connectivity index (χ0) is 16.7. The summed E-state index contributed by atoms with van der Waals surface area (Å²) in [5.74, 6) is 0.873. The van der Waals surface area contributed by atoms with Gasteiger partial charge >= 0.3 is 6.03 Å². The van der Waals surface area contributed by atoms with Gasteiger partial charge in [-0.2, -0.15) is 0 Å². The third-order valence-electron chi connectivity index (χ3n) is 5.05. The monoisotopic (exact) mass is 317 g/mol. The number of hydrogen-bond acceptors (Lipinski definition) is 2. The molecule has 0 atom stereocenters. The van der Waals surface area contributed by atoms with Crippen LogP contribution < -0.4 is 11.1 Å². The van der Waals surface area contributed by atoms with E-state index in [1.165, 1.54) is 31.2 Å². The molecule has 0 aromatic heterocycles. The number of rotatable bonds is 6. The first kappa shape index (κ1) is 17.6. The van der Waals surface area contributed by atoms with Gasteiger partial charge in [0.2, 0.25) is 0 Å². The smallest absolute Gasteiger partial charge is 0.317 e. The van der Waals surface area contributed by atoms with E-state index in [9.17, 15) is 4.79 Å². The lowest BCUT2D eigenvalue weighted by Gasteiger charge is -2.34. The molecule has 0 unspecified atom stereocenters. The Morgan fingerprint density at radius 3 is 2.48 bits per heavy atom. The Morgan fingerprint density at radius 1 is 1.22 bits per heavy atom. The SMILES string of the molecule is CCCC1CCC(N(C)C(=O)NCCc2ccc(N)cc2)CC1. The largest absolute Gasteiger partial charge is 0.399 e. The summed E-state index contributed by atoms with van der Waals surface area (Å²) >= 11 is 0. The van der Waals surface area contributed by atoms with E-state index >= 15 is 0 Å². The van der Waals surface area contributed by atoms with Crippen molar-refractivity contribution in [3.63, 3.8) is 0 Å². The maximum Gasteiger partial charge on any atom is 0.317 e. The van der Waals surface area contributed by atoms with Gasteiger partial charge in [0, 0.05) is 25.3 Å². The highest BCUT2D eigenvalue weighted by Crippen LogP contribution is 2.29. The van der Waals surface area contributed by atoms with Gasteiger partial charge in [0.15, 0.2) is 0 Å². The zero-order valence-corrected chi connectivity index (χ0v) is 14.6. The molecule has 128 valence electrons. The van der Waals surface area contributed by atoms with Gasteiger partial charge in [0.1, 0.15) is 0 Å². The number of anilines is 1.